The van der Waals surface area contributed by atoms with Gasteiger partial charge in [0.05, 0.1) is 0 Å². The summed E-state index contributed by atoms with van der Waals surface area (Å²) in [5.74, 6) is -3.07. The van der Waals surface area contributed by atoms with E-state index in [0.29, 0.717) is 35.5 Å². The molecule has 0 saturated carbocycles. The predicted octanol–water partition coefficient (Wildman–Crippen LogP) is 3.55. The number of hydrogen-bond donors (Lipinski definition) is 4. The molecule has 1 aliphatic heterocycles. The van der Waals surface area contributed by atoms with Gasteiger partial charge in [0, 0.05) is 33.8 Å². The minimum absolute atomic E-state index is 0.0429. The number of likely N-dealkylation sites (tertiary alicyclic amines) is 1. The van der Waals surface area contributed by atoms with Crippen LogP contribution in [0.15, 0.2) is 52.7 Å². The van der Waals surface area contributed by atoms with Crippen molar-refractivity contribution in [3.63, 3.8) is 0 Å². The van der Waals surface area contributed by atoms with Crippen molar-refractivity contribution >= 4 is 60.8 Å². The number of amides is 1. The number of carbonyl (C=O) groups excluding carboxylic acids is 1. The highest BCUT2D eigenvalue weighted by atomic mass is 35.5. The Morgan fingerprint density at radius 2 is 1.89 bits per heavy atom. The van der Waals surface area contributed by atoms with Crippen LogP contribution in [-0.2, 0) is 26.2 Å². The number of carboxylic acid groups (broad SMARTS) is 1. The second-order valence-corrected chi connectivity index (χ2v) is 11.3. The van der Waals surface area contributed by atoms with Gasteiger partial charge in [0.15, 0.2) is 0 Å². The second kappa shape index (κ2) is 11.0. The molecule has 0 bridgehead atoms. The van der Waals surface area contributed by atoms with E-state index in [1.54, 1.807) is 35.2 Å². The van der Waals surface area contributed by atoms with Gasteiger partial charge in [-0.1, -0.05) is 35.9 Å². The number of nitrogens with zero attached hydrogens (tertiary/aromatic N) is 1. The van der Waals surface area contributed by atoms with Gasteiger partial charge in [-0.05, 0) is 36.2 Å². The van der Waals surface area contributed by atoms with E-state index in [0.717, 1.165) is 21.6 Å². The number of hydrogen-bond acceptors (Lipinski definition) is 6. The lowest BCUT2D eigenvalue weighted by atomic mass is 10.1. The van der Waals surface area contributed by atoms with Gasteiger partial charge in [0.1, 0.15) is 16.1 Å². The molecule has 15 heteroatoms. The first kappa shape index (κ1) is 28.4. The Labute approximate surface area is 218 Å². The highest BCUT2D eigenvalue weighted by Crippen LogP contribution is 2.33. The summed E-state index contributed by atoms with van der Waals surface area (Å²) in [6, 6.07) is 13.1. The molecular formula is C22H20ClF3N4O5S2. The molecule has 1 saturated heterocycles. The number of amidine groups is 1. The third-order valence-electron chi connectivity index (χ3n) is 5.20. The van der Waals surface area contributed by atoms with Crippen molar-refractivity contribution < 1.29 is 36.3 Å². The van der Waals surface area contributed by atoms with E-state index in [9.17, 15) is 26.4 Å². The van der Waals surface area contributed by atoms with E-state index in [1.165, 1.54) is 6.07 Å². The highest BCUT2D eigenvalue weighted by Gasteiger charge is 2.38. The van der Waals surface area contributed by atoms with Gasteiger partial charge in [0.2, 0.25) is 5.91 Å². The molecule has 0 radical (unpaired) electrons. The minimum atomic E-state index is -5.08. The summed E-state index contributed by atoms with van der Waals surface area (Å²) in [6.45, 7) is 0.769. The van der Waals surface area contributed by atoms with Crippen molar-refractivity contribution in [1.29, 1.82) is 5.41 Å². The molecule has 0 aliphatic carbocycles. The molecule has 9 nitrogen and oxygen atoms in total. The number of rotatable bonds is 6. The van der Waals surface area contributed by atoms with Gasteiger partial charge in [-0.25, -0.2) is 13.2 Å². The number of alkyl halides is 3. The minimum Gasteiger partial charge on any atom is -0.475 e. The SMILES string of the molecule is N=C(N)c1cccc(CN2CCC(NS(=O)(=O)c3cc4c(Cl)cccc4s3)C2=O)c1.O=C(O)C(F)(F)F. The first-order chi connectivity index (χ1) is 17.2. The van der Waals surface area contributed by atoms with Crippen LogP contribution >= 0.6 is 22.9 Å². The fourth-order valence-electron chi connectivity index (χ4n) is 3.44. The number of nitrogen functional groups attached to an aromatic ring is 1. The van der Waals surface area contributed by atoms with Crippen LogP contribution in [0.1, 0.15) is 17.5 Å². The molecule has 1 unspecified atom stereocenters. The molecule has 0 spiro atoms. The molecule has 1 fully saturated rings. The van der Waals surface area contributed by atoms with Gasteiger partial charge in [0.25, 0.3) is 10.0 Å². The highest BCUT2D eigenvalue weighted by molar-refractivity contribution is 7.91. The first-order valence-corrected chi connectivity index (χ1v) is 13.1. The lowest BCUT2D eigenvalue weighted by molar-refractivity contribution is -0.192. The van der Waals surface area contributed by atoms with E-state index in [-0.39, 0.29) is 16.0 Å². The van der Waals surface area contributed by atoms with E-state index in [4.69, 9.17) is 32.6 Å². The fourth-order valence-corrected chi connectivity index (χ4v) is 6.38. The van der Waals surface area contributed by atoms with E-state index >= 15 is 0 Å². The van der Waals surface area contributed by atoms with Crippen LogP contribution < -0.4 is 10.5 Å². The second-order valence-electron chi connectivity index (χ2n) is 7.86. The number of carbonyl (C=O) groups is 2. The Morgan fingerprint density at radius 3 is 2.49 bits per heavy atom. The van der Waals surface area contributed by atoms with Crippen molar-refractivity contribution in [2.75, 3.05) is 6.54 Å². The Kier molecular flexibility index (Phi) is 8.47. The van der Waals surface area contributed by atoms with Gasteiger partial charge in [-0.2, -0.15) is 17.9 Å². The van der Waals surface area contributed by atoms with E-state index < -0.39 is 28.2 Å². The van der Waals surface area contributed by atoms with Gasteiger partial charge in [-0.3, -0.25) is 10.2 Å². The maximum atomic E-state index is 12.8. The fraction of sp³-hybridized carbons (Fsp3) is 0.227. The van der Waals surface area contributed by atoms with E-state index in [2.05, 4.69) is 4.72 Å². The summed E-state index contributed by atoms with van der Waals surface area (Å²) in [6.07, 6.45) is -4.70. The Bertz CT molecular complexity index is 1460. The van der Waals surface area contributed by atoms with Crippen LogP contribution in [0, 0.1) is 5.41 Å². The zero-order chi connectivity index (χ0) is 27.5. The summed E-state index contributed by atoms with van der Waals surface area (Å²) < 4.78 is 60.9. The maximum absolute atomic E-state index is 12.8. The number of benzene rings is 2. The largest absolute Gasteiger partial charge is 0.490 e. The molecule has 2 heterocycles. The number of nitrogens with two attached hydrogens (primary N) is 1. The van der Waals surface area contributed by atoms with Crippen LogP contribution in [0.25, 0.3) is 10.1 Å². The third-order valence-corrected chi connectivity index (χ3v) is 8.57. The van der Waals surface area contributed by atoms with Crippen molar-refractivity contribution in [1.82, 2.24) is 9.62 Å². The standard InChI is InChI=1S/C20H19ClN4O3S2.C2HF3O2/c21-15-5-2-6-17-14(15)10-18(29-17)30(27,28)24-16-7-8-25(20(16)26)11-12-3-1-4-13(9-12)19(22)23;3-2(4,5)1(6)7/h1-6,9-10,16,24H,7-8,11H2,(H3,22,23);(H,6,7). The Hall–Kier alpha value is -3.20. The molecule has 1 aliphatic rings. The number of nitrogens with one attached hydrogen (secondary N) is 2. The van der Waals surface area contributed by atoms with Crippen molar-refractivity contribution in [2.45, 2.75) is 29.4 Å². The van der Waals surface area contributed by atoms with E-state index in [1.807, 2.05) is 12.1 Å². The summed E-state index contributed by atoms with van der Waals surface area (Å²) in [5, 5.41) is 15.8. The number of thiophene rings is 1. The lowest BCUT2D eigenvalue weighted by Crippen LogP contribution is -2.41. The number of carboxylic acids is 1. The molecule has 2 aromatic carbocycles. The molecule has 5 N–H and O–H groups in total. The maximum Gasteiger partial charge on any atom is 0.490 e. The van der Waals surface area contributed by atoms with Crippen LogP contribution in [-0.4, -0.2) is 54.9 Å². The summed E-state index contributed by atoms with van der Waals surface area (Å²) in [5.41, 5.74) is 6.94. The summed E-state index contributed by atoms with van der Waals surface area (Å²) in [4.78, 5) is 23.3. The van der Waals surface area contributed by atoms with Crippen LogP contribution in [0.3, 0.4) is 0 Å². The van der Waals surface area contributed by atoms with Crippen molar-refractivity contribution in [3.8, 4) is 0 Å². The third kappa shape index (κ3) is 6.97. The van der Waals surface area contributed by atoms with Gasteiger partial charge in [-0.15, -0.1) is 11.3 Å². The van der Waals surface area contributed by atoms with Crippen LogP contribution in [0.2, 0.25) is 5.02 Å². The van der Waals surface area contributed by atoms with Crippen LogP contribution in [0.5, 0.6) is 0 Å². The van der Waals surface area contributed by atoms with Crippen molar-refractivity contribution in [3.05, 3.63) is 64.7 Å². The number of halogens is 4. The van der Waals surface area contributed by atoms with Gasteiger partial charge < -0.3 is 15.7 Å². The molecule has 198 valence electrons. The van der Waals surface area contributed by atoms with Crippen LogP contribution in [0.4, 0.5) is 13.2 Å². The number of fused-ring (bicyclic) bond motifs is 1. The molecule has 1 atom stereocenters. The normalized spacial score (nSPS) is 15.9. The summed E-state index contributed by atoms with van der Waals surface area (Å²) in [7, 11) is -3.85. The zero-order valence-corrected chi connectivity index (χ0v) is 21.1. The zero-order valence-electron chi connectivity index (χ0n) is 18.8. The Balaban J connectivity index is 0.000000479. The predicted molar refractivity (Wildman–Crippen MR) is 132 cm³/mol. The Morgan fingerprint density at radius 1 is 1.24 bits per heavy atom. The lowest BCUT2D eigenvalue weighted by Gasteiger charge is -2.17. The topological polar surface area (TPSA) is 154 Å². The average molecular weight is 577 g/mol. The quantitative estimate of drug-likeness (QED) is 0.260. The smallest absolute Gasteiger partial charge is 0.475 e. The monoisotopic (exact) mass is 576 g/mol. The molecule has 3 aromatic rings. The number of sulfonamides is 1. The first-order valence-electron chi connectivity index (χ1n) is 10.4. The molecular weight excluding hydrogens is 557 g/mol. The van der Waals surface area contributed by atoms with Gasteiger partial charge >= 0.3 is 12.1 Å². The van der Waals surface area contributed by atoms with Crippen molar-refractivity contribution in [2.24, 2.45) is 5.73 Å². The average Bonchev–Trinajstić information content (AvgIpc) is 3.40. The summed E-state index contributed by atoms with van der Waals surface area (Å²) >= 11 is 7.27. The molecule has 37 heavy (non-hydrogen) atoms. The molecule has 1 aromatic heterocycles. The molecule has 1 amide bonds. The molecule has 4 rings (SSSR count). The number of aliphatic carboxylic acids is 1.